The summed E-state index contributed by atoms with van der Waals surface area (Å²) >= 11 is 0. The Labute approximate surface area is 124 Å². The van der Waals surface area contributed by atoms with E-state index in [1.165, 1.54) is 22.5 Å². The van der Waals surface area contributed by atoms with E-state index >= 15 is 0 Å². The molecule has 0 saturated carbocycles. The molecule has 0 fully saturated rings. The van der Waals surface area contributed by atoms with Crippen molar-refractivity contribution < 1.29 is 4.39 Å². The zero-order valence-electron chi connectivity index (χ0n) is 12.1. The van der Waals surface area contributed by atoms with Gasteiger partial charge in [0.25, 0.3) is 0 Å². The Kier molecular flexibility index (Phi) is 3.76. The predicted molar refractivity (Wildman–Crippen MR) is 84.9 cm³/mol. The van der Waals surface area contributed by atoms with Crippen LogP contribution in [0.3, 0.4) is 0 Å². The molecule has 3 rings (SSSR count). The number of aryl methyl sites for hydroxylation is 1. The van der Waals surface area contributed by atoms with Crippen molar-refractivity contribution in [2.24, 2.45) is 5.73 Å². The van der Waals surface area contributed by atoms with E-state index in [0.717, 1.165) is 24.1 Å². The van der Waals surface area contributed by atoms with Gasteiger partial charge in [0.15, 0.2) is 0 Å². The summed E-state index contributed by atoms with van der Waals surface area (Å²) in [6, 6.07) is 13.4. The lowest BCUT2D eigenvalue weighted by Gasteiger charge is -2.10. The average molecular weight is 282 g/mol. The summed E-state index contributed by atoms with van der Waals surface area (Å²) in [5.74, 6) is -0.182. The highest BCUT2D eigenvalue weighted by Crippen LogP contribution is 2.22. The van der Waals surface area contributed by atoms with Crippen molar-refractivity contribution in [3.8, 4) is 0 Å². The van der Waals surface area contributed by atoms with Crippen LogP contribution in [0.15, 0.2) is 48.7 Å². The summed E-state index contributed by atoms with van der Waals surface area (Å²) in [6.45, 7) is 3.35. The summed E-state index contributed by atoms with van der Waals surface area (Å²) in [5, 5.41) is 1.25. The molecule has 2 aromatic carbocycles. The van der Waals surface area contributed by atoms with Crippen molar-refractivity contribution in [1.82, 2.24) is 4.57 Å². The van der Waals surface area contributed by atoms with E-state index in [-0.39, 0.29) is 5.82 Å². The summed E-state index contributed by atoms with van der Waals surface area (Å²) in [4.78, 5) is 0. The second kappa shape index (κ2) is 5.70. The molecule has 0 bridgehead atoms. The third kappa shape index (κ3) is 2.69. The summed E-state index contributed by atoms with van der Waals surface area (Å²) < 4.78 is 15.4. The minimum absolute atomic E-state index is 0.182. The lowest BCUT2D eigenvalue weighted by Crippen LogP contribution is -2.03. The fourth-order valence-corrected chi connectivity index (χ4v) is 2.82. The number of rotatable bonds is 4. The van der Waals surface area contributed by atoms with E-state index in [0.29, 0.717) is 6.54 Å². The van der Waals surface area contributed by atoms with Gasteiger partial charge in [-0.3, -0.25) is 0 Å². The summed E-state index contributed by atoms with van der Waals surface area (Å²) in [5.41, 5.74) is 10.3. The van der Waals surface area contributed by atoms with Gasteiger partial charge in [0.05, 0.1) is 0 Å². The van der Waals surface area contributed by atoms with Gasteiger partial charge in [-0.15, -0.1) is 0 Å². The van der Waals surface area contributed by atoms with Crippen molar-refractivity contribution in [2.45, 2.75) is 19.9 Å². The quantitative estimate of drug-likeness (QED) is 0.778. The molecule has 0 unspecified atom stereocenters. The molecule has 2 nitrogen and oxygen atoms in total. The van der Waals surface area contributed by atoms with E-state index in [4.69, 9.17) is 5.73 Å². The summed E-state index contributed by atoms with van der Waals surface area (Å²) in [6.07, 6.45) is 2.98. The lowest BCUT2D eigenvalue weighted by molar-refractivity contribution is 0.625. The highest BCUT2D eigenvalue weighted by atomic mass is 19.1. The van der Waals surface area contributed by atoms with Crippen molar-refractivity contribution in [3.05, 3.63) is 71.2 Å². The van der Waals surface area contributed by atoms with Crippen LogP contribution in [-0.2, 0) is 13.0 Å². The maximum absolute atomic E-state index is 13.2. The second-order valence-electron chi connectivity index (χ2n) is 5.40. The standard InChI is InChI=1S/C18H19FN2/c1-13-11-16(19)6-5-15(13)12-21-10-8-17-14(7-9-20)3-2-4-18(17)21/h2-6,8,10-11H,7,9,12,20H2,1H3. The van der Waals surface area contributed by atoms with Gasteiger partial charge >= 0.3 is 0 Å². The van der Waals surface area contributed by atoms with E-state index in [9.17, 15) is 4.39 Å². The zero-order valence-corrected chi connectivity index (χ0v) is 12.1. The third-order valence-electron chi connectivity index (χ3n) is 3.96. The molecule has 0 aliphatic carbocycles. The van der Waals surface area contributed by atoms with E-state index in [1.54, 1.807) is 6.07 Å². The highest BCUT2D eigenvalue weighted by molar-refractivity contribution is 5.83. The monoisotopic (exact) mass is 282 g/mol. The van der Waals surface area contributed by atoms with Gasteiger partial charge in [-0.2, -0.15) is 0 Å². The molecule has 0 saturated heterocycles. The van der Waals surface area contributed by atoms with Crippen molar-refractivity contribution in [3.63, 3.8) is 0 Å². The normalized spacial score (nSPS) is 11.2. The van der Waals surface area contributed by atoms with Crippen LogP contribution < -0.4 is 5.73 Å². The molecule has 2 N–H and O–H groups in total. The molecule has 0 amide bonds. The Morgan fingerprint density at radius 2 is 1.95 bits per heavy atom. The number of benzene rings is 2. The van der Waals surface area contributed by atoms with Crippen molar-refractivity contribution in [1.29, 1.82) is 0 Å². The Bertz CT molecular complexity index is 774. The molecule has 0 aliphatic rings. The van der Waals surface area contributed by atoms with Gasteiger partial charge in [-0.1, -0.05) is 18.2 Å². The number of halogens is 1. The lowest BCUT2D eigenvalue weighted by atomic mass is 10.1. The van der Waals surface area contributed by atoms with Crippen LogP contribution in [0.4, 0.5) is 4.39 Å². The second-order valence-corrected chi connectivity index (χ2v) is 5.40. The predicted octanol–water partition coefficient (Wildman–Crippen LogP) is 3.64. The smallest absolute Gasteiger partial charge is 0.123 e. The fourth-order valence-electron chi connectivity index (χ4n) is 2.82. The maximum Gasteiger partial charge on any atom is 0.123 e. The number of aromatic nitrogens is 1. The largest absolute Gasteiger partial charge is 0.343 e. The van der Waals surface area contributed by atoms with Gasteiger partial charge < -0.3 is 10.3 Å². The van der Waals surface area contributed by atoms with Crippen molar-refractivity contribution in [2.75, 3.05) is 6.54 Å². The molecule has 3 aromatic rings. The van der Waals surface area contributed by atoms with Crippen LogP contribution in [0, 0.1) is 12.7 Å². The number of hydrogen-bond acceptors (Lipinski definition) is 1. The number of nitrogens with zero attached hydrogens (tertiary/aromatic N) is 1. The maximum atomic E-state index is 13.2. The number of hydrogen-bond donors (Lipinski definition) is 1. The minimum atomic E-state index is -0.182. The van der Waals surface area contributed by atoms with Gasteiger partial charge in [0, 0.05) is 23.6 Å². The van der Waals surface area contributed by atoms with Gasteiger partial charge in [0.1, 0.15) is 5.82 Å². The Balaban J connectivity index is 1.99. The van der Waals surface area contributed by atoms with Gasteiger partial charge in [0.2, 0.25) is 0 Å². The molecule has 0 radical (unpaired) electrons. The number of nitrogens with two attached hydrogens (primary N) is 1. The van der Waals surface area contributed by atoms with E-state index < -0.39 is 0 Å². The molecule has 108 valence electrons. The van der Waals surface area contributed by atoms with Gasteiger partial charge in [-0.05, 0) is 60.8 Å². The van der Waals surface area contributed by atoms with Crippen LogP contribution >= 0.6 is 0 Å². The molecule has 3 heteroatoms. The van der Waals surface area contributed by atoms with Crippen LogP contribution in [0.5, 0.6) is 0 Å². The molecule has 21 heavy (non-hydrogen) atoms. The molecule has 0 aliphatic heterocycles. The molecule has 1 aromatic heterocycles. The fraction of sp³-hybridized carbons (Fsp3) is 0.222. The minimum Gasteiger partial charge on any atom is -0.343 e. The molecule has 0 atom stereocenters. The van der Waals surface area contributed by atoms with E-state index in [2.05, 4.69) is 35.0 Å². The van der Waals surface area contributed by atoms with Crippen LogP contribution in [-0.4, -0.2) is 11.1 Å². The Hall–Kier alpha value is -2.13. The van der Waals surface area contributed by atoms with Crippen molar-refractivity contribution >= 4 is 10.9 Å². The Morgan fingerprint density at radius 1 is 1.10 bits per heavy atom. The molecular formula is C18H19FN2. The summed E-state index contributed by atoms with van der Waals surface area (Å²) in [7, 11) is 0. The molecule has 0 spiro atoms. The average Bonchev–Trinajstić information content (AvgIpc) is 2.87. The first kappa shape index (κ1) is 13.8. The number of fused-ring (bicyclic) bond motifs is 1. The first-order valence-corrected chi connectivity index (χ1v) is 7.21. The highest BCUT2D eigenvalue weighted by Gasteiger charge is 2.07. The van der Waals surface area contributed by atoms with Crippen LogP contribution in [0.1, 0.15) is 16.7 Å². The van der Waals surface area contributed by atoms with Crippen LogP contribution in [0.2, 0.25) is 0 Å². The SMILES string of the molecule is Cc1cc(F)ccc1Cn1ccc2c(CCN)cccc21. The Morgan fingerprint density at radius 3 is 2.71 bits per heavy atom. The first-order chi connectivity index (χ1) is 10.2. The third-order valence-corrected chi connectivity index (χ3v) is 3.96. The topological polar surface area (TPSA) is 30.9 Å². The van der Waals surface area contributed by atoms with Gasteiger partial charge in [-0.25, -0.2) is 4.39 Å². The zero-order chi connectivity index (χ0) is 14.8. The first-order valence-electron chi connectivity index (χ1n) is 7.21. The van der Waals surface area contributed by atoms with E-state index in [1.807, 2.05) is 13.0 Å². The molecular weight excluding hydrogens is 263 g/mol. The van der Waals surface area contributed by atoms with Crippen LogP contribution in [0.25, 0.3) is 10.9 Å². The molecule has 1 heterocycles.